The van der Waals surface area contributed by atoms with Crippen molar-refractivity contribution in [1.82, 2.24) is 15.1 Å². The normalized spacial score (nSPS) is 21.3. The first-order valence-electron chi connectivity index (χ1n) is 10.7. The molecule has 3 rings (SSSR count). The van der Waals surface area contributed by atoms with Crippen molar-refractivity contribution in [2.45, 2.75) is 38.8 Å². The van der Waals surface area contributed by atoms with Crippen molar-refractivity contribution in [3.63, 3.8) is 0 Å². The number of carbonyl (C=O) groups is 1. The van der Waals surface area contributed by atoms with Crippen molar-refractivity contribution < 1.29 is 14.3 Å². The zero-order valence-electron chi connectivity index (χ0n) is 17.7. The van der Waals surface area contributed by atoms with Crippen molar-refractivity contribution in [2.75, 3.05) is 53.0 Å². The van der Waals surface area contributed by atoms with Crippen molar-refractivity contribution in [1.29, 1.82) is 0 Å². The Kier molecular flexibility index (Phi) is 8.60. The van der Waals surface area contributed by atoms with Crippen LogP contribution in [0.25, 0.3) is 0 Å². The lowest BCUT2D eigenvalue weighted by atomic mass is 9.97. The first kappa shape index (κ1) is 22.3. The summed E-state index contributed by atoms with van der Waals surface area (Å²) in [5.74, 6) is 1.50. The summed E-state index contributed by atoms with van der Waals surface area (Å²) in [5, 5.41) is 3.84. The van der Waals surface area contributed by atoms with Gasteiger partial charge in [-0.15, -0.1) is 0 Å². The molecule has 0 aliphatic carbocycles. The number of hydrogen-bond donors (Lipinski definition) is 1. The molecular formula is C22H34ClN3O3. The van der Waals surface area contributed by atoms with Crippen LogP contribution in [-0.2, 0) is 16.1 Å². The highest BCUT2D eigenvalue weighted by Gasteiger charge is 2.24. The van der Waals surface area contributed by atoms with E-state index in [2.05, 4.69) is 22.0 Å². The number of piperidine rings is 1. The summed E-state index contributed by atoms with van der Waals surface area (Å²) in [6.45, 7) is 8.68. The van der Waals surface area contributed by atoms with Crippen LogP contribution in [0, 0.1) is 5.92 Å². The van der Waals surface area contributed by atoms with E-state index in [1.165, 1.54) is 0 Å². The Morgan fingerprint density at radius 1 is 1.31 bits per heavy atom. The minimum atomic E-state index is 0.0685. The summed E-state index contributed by atoms with van der Waals surface area (Å²) >= 11 is 6.12. The van der Waals surface area contributed by atoms with Crippen molar-refractivity contribution >= 4 is 17.5 Å². The van der Waals surface area contributed by atoms with Gasteiger partial charge in [-0.05, 0) is 50.4 Å². The predicted molar refractivity (Wildman–Crippen MR) is 115 cm³/mol. The number of hydrogen-bond acceptors (Lipinski definition) is 5. The summed E-state index contributed by atoms with van der Waals surface area (Å²) in [4.78, 5) is 17.2. The van der Waals surface area contributed by atoms with Gasteiger partial charge in [0.15, 0.2) is 0 Å². The van der Waals surface area contributed by atoms with Crippen LogP contribution in [0.5, 0.6) is 5.75 Å². The van der Waals surface area contributed by atoms with Crippen molar-refractivity contribution in [3.05, 3.63) is 28.8 Å². The highest BCUT2D eigenvalue weighted by atomic mass is 35.5. The molecule has 7 heteroatoms. The number of carbonyl (C=O) groups excluding carboxylic acids is 1. The monoisotopic (exact) mass is 423 g/mol. The van der Waals surface area contributed by atoms with Crippen molar-refractivity contribution in [3.8, 4) is 5.75 Å². The van der Waals surface area contributed by atoms with Crippen LogP contribution in [0.3, 0.4) is 0 Å². The second-order valence-electron chi connectivity index (χ2n) is 8.15. The molecule has 1 atom stereocenters. The van der Waals surface area contributed by atoms with Crippen LogP contribution < -0.4 is 10.1 Å². The molecule has 1 aromatic carbocycles. The number of ether oxygens (including phenoxy) is 2. The molecule has 0 unspecified atom stereocenters. The maximum absolute atomic E-state index is 12.6. The second kappa shape index (κ2) is 11.2. The van der Waals surface area contributed by atoms with Gasteiger partial charge in [0, 0.05) is 43.9 Å². The molecule has 162 valence electrons. The molecule has 1 saturated heterocycles. The molecule has 2 aliphatic rings. The van der Waals surface area contributed by atoms with Crippen molar-refractivity contribution in [2.24, 2.45) is 5.92 Å². The lowest BCUT2D eigenvalue weighted by Crippen LogP contribution is -2.43. The molecule has 1 amide bonds. The highest BCUT2D eigenvalue weighted by molar-refractivity contribution is 6.30. The third kappa shape index (κ3) is 6.85. The van der Waals surface area contributed by atoms with Gasteiger partial charge in [-0.25, -0.2) is 0 Å². The minimum absolute atomic E-state index is 0.0685. The molecule has 6 nitrogen and oxygen atoms in total. The van der Waals surface area contributed by atoms with Gasteiger partial charge in [0.1, 0.15) is 11.9 Å². The van der Waals surface area contributed by atoms with Crippen LogP contribution >= 0.6 is 11.6 Å². The fraction of sp³-hybridized carbons (Fsp3) is 0.682. The molecule has 2 heterocycles. The maximum Gasteiger partial charge on any atom is 0.234 e. The quantitative estimate of drug-likeness (QED) is 0.696. The third-order valence-corrected chi connectivity index (χ3v) is 6.14. The van der Waals surface area contributed by atoms with E-state index in [4.69, 9.17) is 21.1 Å². The van der Waals surface area contributed by atoms with E-state index >= 15 is 0 Å². The number of benzene rings is 1. The molecule has 0 saturated carbocycles. The van der Waals surface area contributed by atoms with E-state index < -0.39 is 0 Å². The van der Waals surface area contributed by atoms with Crippen LogP contribution in [0.4, 0.5) is 0 Å². The second-order valence-corrected chi connectivity index (χ2v) is 8.59. The lowest BCUT2D eigenvalue weighted by molar-refractivity contribution is -0.122. The zero-order chi connectivity index (χ0) is 20.6. The van der Waals surface area contributed by atoms with E-state index in [-0.39, 0.29) is 12.0 Å². The molecule has 1 N–H and O–H groups in total. The summed E-state index contributed by atoms with van der Waals surface area (Å²) in [5.41, 5.74) is 1.08. The molecule has 0 spiro atoms. The summed E-state index contributed by atoms with van der Waals surface area (Å²) < 4.78 is 11.3. The van der Waals surface area contributed by atoms with Crippen LogP contribution in [0.1, 0.15) is 31.7 Å². The highest BCUT2D eigenvalue weighted by Crippen LogP contribution is 2.29. The molecular weight excluding hydrogens is 390 g/mol. The number of amides is 1. The van der Waals surface area contributed by atoms with Gasteiger partial charge in [-0.2, -0.15) is 0 Å². The fourth-order valence-electron chi connectivity index (χ4n) is 4.06. The van der Waals surface area contributed by atoms with Gasteiger partial charge in [0.25, 0.3) is 0 Å². The SMILES string of the molecule is CC[C@@H]1CN(CC(=O)NCC2CCN(CCOC)CC2)Cc2ccc(Cl)cc2O1. The smallest absolute Gasteiger partial charge is 0.234 e. The molecule has 1 fully saturated rings. The average Bonchev–Trinajstić information content (AvgIpc) is 2.89. The Bertz CT molecular complexity index is 665. The number of halogens is 1. The standard InChI is InChI=1S/C22H34ClN3O3/c1-3-20-15-26(14-18-4-5-19(23)12-21(18)29-20)16-22(27)24-13-17-6-8-25(9-7-17)10-11-28-2/h4-5,12,17,20H,3,6-11,13-16H2,1-2H3,(H,24,27)/t20-/m1/s1. The first-order chi connectivity index (χ1) is 14.1. The Morgan fingerprint density at radius 3 is 2.83 bits per heavy atom. The lowest BCUT2D eigenvalue weighted by Gasteiger charge is -2.32. The molecule has 29 heavy (non-hydrogen) atoms. The Morgan fingerprint density at radius 2 is 2.10 bits per heavy atom. The summed E-state index contributed by atoms with van der Waals surface area (Å²) in [7, 11) is 1.75. The van der Waals surface area contributed by atoms with Gasteiger partial charge in [0.2, 0.25) is 5.91 Å². The Labute approximate surface area is 179 Å². The van der Waals surface area contributed by atoms with Gasteiger partial charge in [-0.1, -0.05) is 24.6 Å². The summed E-state index contributed by atoms with van der Waals surface area (Å²) in [6.07, 6.45) is 3.23. The molecule has 0 bridgehead atoms. The molecule has 2 aliphatic heterocycles. The number of likely N-dealkylation sites (tertiary alicyclic amines) is 1. The molecule has 0 radical (unpaired) electrons. The number of fused-ring (bicyclic) bond motifs is 1. The third-order valence-electron chi connectivity index (χ3n) is 5.91. The number of nitrogens with one attached hydrogen (secondary N) is 1. The maximum atomic E-state index is 12.6. The Hall–Kier alpha value is -1.34. The van der Waals surface area contributed by atoms with Crippen LogP contribution in [0.2, 0.25) is 5.02 Å². The van der Waals surface area contributed by atoms with Gasteiger partial charge in [0.05, 0.1) is 13.2 Å². The van der Waals surface area contributed by atoms with Crippen LogP contribution in [0.15, 0.2) is 18.2 Å². The van der Waals surface area contributed by atoms with E-state index in [9.17, 15) is 4.79 Å². The minimum Gasteiger partial charge on any atom is -0.489 e. The fourth-order valence-corrected chi connectivity index (χ4v) is 4.23. The number of nitrogens with zero attached hydrogens (tertiary/aromatic N) is 2. The Balaban J connectivity index is 1.45. The molecule has 0 aromatic heterocycles. The van der Waals surface area contributed by atoms with E-state index in [0.29, 0.717) is 24.0 Å². The van der Waals surface area contributed by atoms with E-state index in [1.807, 2.05) is 18.2 Å². The predicted octanol–water partition coefficient (Wildman–Crippen LogP) is 2.79. The zero-order valence-corrected chi connectivity index (χ0v) is 18.4. The number of methoxy groups -OCH3 is 1. The van der Waals surface area contributed by atoms with Crippen LogP contribution in [-0.4, -0.2) is 74.8 Å². The number of rotatable bonds is 8. The topological polar surface area (TPSA) is 54.0 Å². The largest absolute Gasteiger partial charge is 0.489 e. The van der Waals surface area contributed by atoms with Gasteiger partial charge < -0.3 is 19.7 Å². The van der Waals surface area contributed by atoms with E-state index in [1.54, 1.807) is 7.11 Å². The van der Waals surface area contributed by atoms with Gasteiger partial charge in [-0.3, -0.25) is 9.69 Å². The van der Waals surface area contributed by atoms with Gasteiger partial charge >= 0.3 is 0 Å². The van der Waals surface area contributed by atoms with E-state index in [0.717, 1.165) is 69.9 Å². The average molecular weight is 424 g/mol. The summed E-state index contributed by atoms with van der Waals surface area (Å²) in [6, 6.07) is 5.76. The molecule has 1 aromatic rings. The first-order valence-corrected chi connectivity index (χ1v) is 11.1.